The van der Waals surface area contributed by atoms with Crippen LogP contribution in [-0.4, -0.2) is 59.3 Å². The third kappa shape index (κ3) is 3.06. The zero-order valence-corrected chi connectivity index (χ0v) is 12.5. The van der Waals surface area contributed by atoms with Gasteiger partial charge in [0.2, 0.25) is 5.91 Å². The molecule has 1 amide bonds. The Morgan fingerprint density at radius 1 is 1.33 bits per heavy atom. The van der Waals surface area contributed by atoms with Crippen molar-refractivity contribution in [2.75, 3.05) is 19.7 Å². The van der Waals surface area contributed by atoms with Crippen LogP contribution in [0, 0.1) is 5.92 Å². The Morgan fingerprint density at radius 3 is 2.71 bits per heavy atom. The third-order valence-corrected chi connectivity index (χ3v) is 5.07. The van der Waals surface area contributed by atoms with Crippen LogP contribution in [0.25, 0.3) is 0 Å². The Kier molecular flexibility index (Phi) is 3.92. The minimum atomic E-state index is -0.970. The van der Waals surface area contributed by atoms with Crippen molar-refractivity contribution in [3.8, 4) is 0 Å². The molecule has 2 heterocycles. The fourth-order valence-electron chi connectivity index (χ4n) is 3.98. The van der Waals surface area contributed by atoms with E-state index < -0.39 is 11.6 Å². The molecule has 118 valence electrons. The first-order valence-electron chi connectivity index (χ1n) is 7.87. The van der Waals surface area contributed by atoms with Gasteiger partial charge in [0.25, 0.3) is 0 Å². The van der Waals surface area contributed by atoms with Crippen LogP contribution in [0.4, 0.5) is 0 Å². The van der Waals surface area contributed by atoms with Gasteiger partial charge < -0.3 is 20.1 Å². The van der Waals surface area contributed by atoms with E-state index in [0.29, 0.717) is 25.0 Å². The molecule has 2 N–H and O–H groups in total. The average Bonchev–Trinajstić information content (AvgIpc) is 2.85. The maximum atomic E-state index is 12.5. The summed E-state index contributed by atoms with van der Waals surface area (Å²) in [4.78, 5) is 24.8. The van der Waals surface area contributed by atoms with E-state index in [2.05, 4.69) is 5.32 Å². The van der Waals surface area contributed by atoms with Crippen molar-refractivity contribution in [1.29, 1.82) is 0 Å². The largest absolute Gasteiger partial charge is 0.480 e. The highest BCUT2D eigenvalue weighted by Gasteiger charge is 2.47. The van der Waals surface area contributed by atoms with Crippen molar-refractivity contribution < 1.29 is 19.4 Å². The lowest BCUT2D eigenvalue weighted by molar-refractivity contribution is -0.174. The molecule has 0 aromatic rings. The highest BCUT2D eigenvalue weighted by Crippen LogP contribution is 2.35. The Morgan fingerprint density at radius 2 is 2.05 bits per heavy atom. The maximum absolute atomic E-state index is 12.5. The number of amides is 1. The molecule has 1 saturated carbocycles. The van der Waals surface area contributed by atoms with E-state index in [1.54, 1.807) is 4.90 Å². The number of carbonyl (C=O) groups is 2. The van der Waals surface area contributed by atoms with Crippen LogP contribution < -0.4 is 5.32 Å². The molecule has 0 radical (unpaired) electrons. The van der Waals surface area contributed by atoms with E-state index in [-0.39, 0.29) is 18.6 Å². The molecular formula is C15H24N2O4. The number of hydrogen-bond donors (Lipinski definition) is 2. The highest BCUT2D eigenvalue weighted by molar-refractivity contribution is 5.83. The Labute approximate surface area is 124 Å². The van der Waals surface area contributed by atoms with Crippen LogP contribution in [-0.2, 0) is 14.3 Å². The lowest BCUT2D eigenvalue weighted by Gasteiger charge is -2.48. The zero-order valence-electron chi connectivity index (χ0n) is 12.5. The van der Waals surface area contributed by atoms with Crippen LogP contribution in [0.15, 0.2) is 0 Å². The van der Waals surface area contributed by atoms with Gasteiger partial charge >= 0.3 is 5.97 Å². The zero-order chi connectivity index (χ0) is 15.0. The minimum Gasteiger partial charge on any atom is -0.480 e. The van der Waals surface area contributed by atoms with Crippen molar-refractivity contribution in [2.45, 2.75) is 56.7 Å². The summed E-state index contributed by atoms with van der Waals surface area (Å²) in [5.41, 5.74) is -0.501. The summed E-state index contributed by atoms with van der Waals surface area (Å²) >= 11 is 0. The molecule has 3 aliphatic rings. The summed E-state index contributed by atoms with van der Waals surface area (Å²) in [5, 5.41) is 12.1. The van der Waals surface area contributed by atoms with Gasteiger partial charge in [0.05, 0.1) is 19.1 Å². The first kappa shape index (κ1) is 14.8. The topological polar surface area (TPSA) is 78.9 Å². The number of nitrogens with zero attached hydrogens (tertiary/aromatic N) is 1. The number of aliphatic carboxylic acids is 1. The summed E-state index contributed by atoms with van der Waals surface area (Å²) in [6.07, 6.45) is 5.93. The number of carbonyl (C=O) groups excluding carboxylic acids is 1. The van der Waals surface area contributed by atoms with Crippen molar-refractivity contribution in [1.82, 2.24) is 10.2 Å². The van der Waals surface area contributed by atoms with Crippen LogP contribution in [0.1, 0.15) is 39.0 Å². The number of ether oxygens (including phenoxy) is 1. The second-order valence-corrected chi connectivity index (χ2v) is 6.93. The van der Waals surface area contributed by atoms with Crippen LogP contribution >= 0.6 is 0 Å². The van der Waals surface area contributed by atoms with E-state index in [0.717, 1.165) is 6.42 Å². The molecule has 2 saturated heterocycles. The number of hydrogen-bond acceptors (Lipinski definition) is 4. The van der Waals surface area contributed by atoms with Crippen molar-refractivity contribution >= 4 is 11.9 Å². The number of carboxylic acid groups (broad SMARTS) is 1. The lowest BCUT2D eigenvalue weighted by atomic mass is 9.85. The van der Waals surface area contributed by atoms with Crippen molar-refractivity contribution in [3.05, 3.63) is 0 Å². The summed E-state index contributed by atoms with van der Waals surface area (Å²) in [7, 11) is 0. The number of fused-ring (bicyclic) bond motifs is 1. The van der Waals surface area contributed by atoms with Crippen molar-refractivity contribution in [2.24, 2.45) is 5.92 Å². The van der Waals surface area contributed by atoms with Gasteiger partial charge in [0.15, 0.2) is 0 Å². The lowest BCUT2D eigenvalue weighted by Crippen LogP contribution is -2.65. The average molecular weight is 296 g/mol. The monoisotopic (exact) mass is 296 g/mol. The van der Waals surface area contributed by atoms with Gasteiger partial charge in [-0.05, 0) is 32.1 Å². The first-order valence-corrected chi connectivity index (χ1v) is 7.87. The fourth-order valence-corrected chi connectivity index (χ4v) is 3.98. The van der Waals surface area contributed by atoms with Crippen LogP contribution in [0.3, 0.4) is 0 Å². The van der Waals surface area contributed by atoms with E-state index in [9.17, 15) is 9.59 Å². The van der Waals surface area contributed by atoms with E-state index >= 15 is 0 Å². The van der Waals surface area contributed by atoms with Crippen LogP contribution in [0.2, 0.25) is 0 Å². The van der Waals surface area contributed by atoms with E-state index in [1.807, 2.05) is 6.92 Å². The molecule has 6 nitrogen and oxygen atoms in total. The van der Waals surface area contributed by atoms with Gasteiger partial charge in [-0.2, -0.15) is 0 Å². The fraction of sp³-hybridized carbons (Fsp3) is 0.867. The van der Waals surface area contributed by atoms with Gasteiger partial charge in [-0.15, -0.1) is 0 Å². The second-order valence-electron chi connectivity index (χ2n) is 6.93. The molecule has 3 atom stereocenters. The molecule has 3 unspecified atom stereocenters. The number of carboxylic acids is 1. The number of rotatable bonds is 4. The predicted octanol–water partition coefficient (Wildman–Crippen LogP) is 0.609. The maximum Gasteiger partial charge on any atom is 0.329 e. The minimum absolute atomic E-state index is 0.0536. The number of nitrogens with one attached hydrogen (secondary N) is 1. The molecule has 3 rings (SSSR count). The summed E-state index contributed by atoms with van der Waals surface area (Å²) in [6, 6.07) is 0.464. The molecule has 0 aromatic carbocycles. The molecule has 3 fully saturated rings. The van der Waals surface area contributed by atoms with Gasteiger partial charge in [-0.1, -0.05) is 12.8 Å². The van der Waals surface area contributed by atoms with Gasteiger partial charge in [0.1, 0.15) is 12.2 Å². The third-order valence-electron chi connectivity index (χ3n) is 5.07. The first-order chi connectivity index (χ1) is 9.97. The molecule has 0 spiro atoms. The van der Waals surface area contributed by atoms with E-state index in [4.69, 9.17) is 9.84 Å². The van der Waals surface area contributed by atoms with Gasteiger partial charge in [-0.3, -0.25) is 4.79 Å². The SMILES string of the molecule is CC1(OCC(=O)O)CN(C(=O)C2CC3CCCCC3N2)C1. The molecule has 0 aromatic heterocycles. The Balaban J connectivity index is 1.48. The quantitative estimate of drug-likeness (QED) is 0.794. The molecule has 2 aliphatic heterocycles. The molecule has 6 heteroatoms. The predicted molar refractivity (Wildman–Crippen MR) is 75.9 cm³/mol. The molecule has 1 aliphatic carbocycles. The van der Waals surface area contributed by atoms with Gasteiger partial charge in [0, 0.05) is 6.04 Å². The Hall–Kier alpha value is -1.14. The summed E-state index contributed by atoms with van der Waals surface area (Å²) < 4.78 is 5.35. The summed E-state index contributed by atoms with van der Waals surface area (Å²) in [5.74, 6) is -0.160. The standard InChI is InChI=1S/C15H24N2O4/c1-15(21-7-13(18)19)8-17(9-15)14(20)12-6-10-4-2-3-5-11(10)16-12/h10-12,16H,2-9H2,1H3,(H,18,19). The molecule has 0 bridgehead atoms. The normalized spacial score (nSPS) is 34.1. The van der Waals surface area contributed by atoms with Crippen molar-refractivity contribution in [3.63, 3.8) is 0 Å². The van der Waals surface area contributed by atoms with Gasteiger partial charge in [-0.25, -0.2) is 4.79 Å². The van der Waals surface area contributed by atoms with Crippen LogP contribution in [0.5, 0.6) is 0 Å². The highest BCUT2D eigenvalue weighted by atomic mass is 16.5. The number of likely N-dealkylation sites (tertiary alicyclic amines) is 1. The molecule has 21 heavy (non-hydrogen) atoms. The smallest absolute Gasteiger partial charge is 0.329 e. The second kappa shape index (κ2) is 5.57. The summed E-state index contributed by atoms with van der Waals surface area (Å²) in [6.45, 7) is 2.55. The Bertz CT molecular complexity index is 419. The van der Waals surface area contributed by atoms with E-state index in [1.165, 1.54) is 25.7 Å². The molecular weight excluding hydrogens is 272 g/mol.